The Hall–Kier alpha value is -0.810. The van der Waals surface area contributed by atoms with Crippen molar-refractivity contribution in [3.8, 4) is 5.75 Å². The molecule has 1 N–H and O–H groups in total. The predicted octanol–water partition coefficient (Wildman–Crippen LogP) is 3.17. The van der Waals surface area contributed by atoms with Gasteiger partial charge in [0.1, 0.15) is 12.4 Å². The topological polar surface area (TPSA) is 47.9 Å². The lowest BCUT2D eigenvalue weighted by atomic mass is 10.1. The van der Waals surface area contributed by atoms with Gasteiger partial charge in [0.15, 0.2) is 6.29 Å². The summed E-state index contributed by atoms with van der Waals surface area (Å²) >= 11 is 5.91. The maximum atomic E-state index is 9.70. The number of halogens is 1. The van der Waals surface area contributed by atoms with Crippen LogP contribution in [0.5, 0.6) is 5.75 Å². The Kier molecular flexibility index (Phi) is 7.16. The molecule has 1 rings (SSSR count). The fraction of sp³-hybridized carbons (Fsp3) is 0.571. The summed E-state index contributed by atoms with van der Waals surface area (Å²) in [5, 5.41) is 10.3. The summed E-state index contributed by atoms with van der Waals surface area (Å²) in [6.45, 7) is 6.84. The van der Waals surface area contributed by atoms with E-state index in [1.54, 1.807) is 25.1 Å². The number of rotatable bonds is 8. The molecule has 0 fully saturated rings. The minimum Gasteiger partial charge on any atom is -0.488 e. The quantitative estimate of drug-likeness (QED) is 0.747. The Bertz CT molecular complexity index is 376. The molecule has 4 nitrogen and oxygen atoms in total. The summed E-state index contributed by atoms with van der Waals surface area (Å²) in [5.74, 6) is 0.587. The predicted molar refractivity (Wildman–Crippen MR) is 74.6 cm³/mol. The molecular formula is C14H21ClO4. The van der Waals surface area contributed by atoms with E-state index in [1.807, 2.05) is 13.8 Å². The van der Waals surface area contributed by atoms with Crippen LogP contribution in [0.2, 0.25) is 5.02 Å². The molecular weight excluding hydrogens is 268 g/mol. The number of ether oxygens (including phenoxy) is 3. The summed E-state index contributed by atoms with van der Waals surface area (Å²) < 4.78 is 16.4. The molecule has 1 aromatic carbocycles. The van der Waals surface area contributed by atoms with Crippen LogP contribution < -0.4 is 4.74 Å². The van der Waals surface area contributed by atoms with E-state index in [9.17, 15) is 5.11 Å². The summed E-state index contributed by atoms with van der Waals surface area (Å²) in [6, 6.07) is 5.15. The zero-order chi connectivity index (χ0) is 14.3. The third-order valence-electron chi connectivity index (χ3n) is 2.50. The first-order valence-electron chi connectivity index (χ1n) is 6.42. The van der Waals surface area contributed by atoms with Crippen molar-refractivity contribution < 1.29 is 19.3 Å². The van der Waals surface area contributed by atoms with Crippen molar-refractivity contribution >= 4 is 11.6 Å². The molecule has 0 spiro atoms. The second-order valence-electron chi connectivity index (χ2n) is 4.01. The number of hydrogen-bond donors (Lipinski definition) is 1. The SMILES string of the molecule is CCOC(COc1ccc(Cl)cc1[C@H](C)O)OCC. The highest BCUT2D eigenvalue weighted by Gasteiger charge is 2.13. The molecule has 5 heteroatoms. The van der Waals surface area contributed by atoms with Gasteiger partial charge < -0.3 is 19.3 Å². The molecule has 1 atom stereocenters. The van der Waals surface area contributed by atoms with Crippen molar-refractivity contribution in [2.24, 2.45) is 0 Å². The molecule has 0 aliphatic heterocycles. The first-order chi connectivity index (χ1) is 9.08. The van der Waals surface area contributed by atoms with Crippen LogP contribution in [0.3, 0.4) is 0 Å². The smallest absolute Gasteiger partial charge is 0.191 e. The number of aliphatic hydroxyl groups excluding tert-OH is 1. The van der Waals surface area contributed by atoms with E-state index in [4.69, 9.17) is 25.8 Å². The first-order valence-corrected chi connectivity index (χ1v) is 6.79. The van der Waals surface area contributed by atoms with E-state index < -0.39 is 12.4 Å². The Balaban J connectivity index is 2.70. The van der Waals surface area contributed by atoms with Gasteiger partial charge in [-0.05, 0) is 39.0 Å². The van der Waals surface area contributed by atoms with Crippen LogP contribution >= 0.6 is 11.6 Å². The van der Waals surface area contributed by atoms with Gasteiger partial charge in [0, 0.05) is 23.8 Å². The number of aliphatic hydroxyl groups is 1. The molecule has 0 aliphatic carbocycles. The Labute approximate surface area is 119 Å². The second-order valence-corrected chi connectivity index (χ2v) is 4.45. The molecule has 0 aromatic heterocycles. The third kappa shape index (κ3) is 5.37. The Morgan fingerprint density at radius 3 is 2.37 bits per heavy atom. The van der Waals surface area contributed by atoms with Gasteiger partial charge in [0.05, 0.1) is 6.10 Å². The standard InChI is InChI=1S/C14H21ClO4/c1-4-17-14(18-5-2)9-19-13-7-6-11(15)8-12(13)10(3)16/h6-8,10,14,16H,4-5,9H2,1-3H3/t10-/m0/s1. The summed E-state index contributed by atoms with van der Waals surface area (Å²) in [4.78, 5) is 0. The van der Waals surface area contributed by atoms with Crippen LogP contribution in [0.4, 0.5) is 0 Å². The van der Waals surface area contributed by atoms with Crippen LogP contribution in [-0.4, -0.2) is 31.2 Å². The van der Waals surface area contributed by atoms with Crippen LogP contribution in [0.15, 0.2) is 18.2 Å². The Morgan fingerprint density at radius 1 is 1.21 bits per heavy atom. The summed E-state index contributed by atoms with van der Waals surface area (Å²) in [5.41, 5.74) is 0.652. The zero-order valence-electron chi connectivity index (χ0n) is 11.6. The van der Waals surface area contributed by atoms with Gasteiger partial charge in [0.2, 0.25) is 0 Å². The highest BCUT2D eigenvalue weighted by atomic mass is 35.5. The monoisotopic (exact) mass is 288 g/mol. The van der Waals surface area contributed by atoms with Gasteiger partial charge in [-0.3, -0.25) is 0 Å². The summed E-state index contributed by atoms with van der Waals surface area (Å²) in [6.07, 6.45) is -1.06. The highest BCUT2D eigenvalue weighted by Crippen LogP contribution is 2.28. The highest BCUT2D eigenvalue weighted by molar-refractivity contribution is 6.30. The maximum Gasteiger partial charge on any atom is 0.191 e. The van der Waals surface area contributed by atoms with Gasteiger partial charge in [0.25, 0.3) is 0 Å². The van der Waals surface area contributed by atoms with E-state index in [2.05, 4.69) is 0 Å². The van der Waals surface area contributed by atoms with Gasteiger partial charge in [-0.25, -0.2) is 0 Å². The average molecular weight is 289 g/mol. The third-order valence-corrected chi connectivity index (χ3v) is 2.74. The summed E-state index contributed by atoms with van der Waals surface area (Å²) in [7, 11) is 0. The van der Waals surface area contributed by atoms with Gasteiger partial charge in [-0.2, -0.15) is 0 Å². The molecule has 0 saturated carbocycles. The molecule has 108 valence electrons. The number of hydrogen-bond acceptors (Lipinski definition) is 4. The normalized spacial score (nSPS) is 12.7. The minimum absolute atomic E-state index is 0.267. The van der Waals surface area contributed by atoms with Gasteiger partial charge >= 0.3 is 0 Å². The molecule has 0 saturated heterocycles. The van der Waals surface area contributed by atoms with Gasteiger partial charge in [-0.1, -0.05) is 11.6 Å². The zero-order valence-corrected chi connectivity index (χ0v) is 12.3. The lowest BCUT2D eigenvalue weighted by molar-refractivity contribution is -0.152. The van der Waals surface area contributed by atoms with Crippen LogP contribution in [0.1, 0.15) is 32.4 Å². The molecule has 0 amide bonds. The largest absolute Gasteiger partial charge is 0.488 e. The average Bonchev–Trinajstić information content (AvgIpc) is 2.37. The van der Waals surface area contributed by atoms with Crippen LogP contribution in [-0.2, 0) is 9.47 Å². The number of benzene rings is 1. The minimum atomic E-state index is -0.647. The van der Waals surface area contributed by atoms with Crippen molar-refractivity contribution in [2.45, 2.75) is 33.2 Å². The molecule has 1 aromatic rings. The van der Waals surface area contributed by atoms with Gasteiger partial charge in [-0.15, -0.1) is 0 Å². The van der Waals surface area contributed by atoms with Crippen molar-refractivity contribution in [1.29, 1.82) is 0 Å². The van der Waals surface area contributed by atoms with Crippen LogP contribution in [0.25, 0.3) is 0 Å². The van der Waals surface area contributed by atoms with Crippen molar-refractivity contribution in [2.75, 3.05) is 19.8 Å². The van der Waals surface area contributed by atoms with Crippen molar-refractivity contribution in [3.63, 3.8) is 0 Å². The van der Waals surface area contributed by atoms with Crippen molar-refractivity contribution in [1.82, 2.24) is 0 Å². The molecule has 0 aliphatic rings. The van der Waals surface area contributed by atoms with E-state index in [0.29, 0.717) is 29.5 Å². The first kappa shape index (κ1) is 16.2. The van der Waals surface area contributed by atoms with Crippen molar-refractivity contribution in [3.05, 3.63) is 28.8 Å². The molecule has 0 bridgehead atoms. The maximum absolute atomic E-state index is 9.70. The second kappa shape index (κ2) is 8.38. The molecule has 19 heavy (non-hydrogen) atoms. The van der Waals surface area contributed by atoms with E-state index in [0.717, 1.165) is 0 Å². The van der Waals surface area contributed by atoms with E-state index in [1.165, 1.54) is 0 Å². The fourth-order valence-electron chi connectivity index (χ4n) is 1.65. The van der Waals surface area contributed by atoms with Crippen LogP contribution in [0, 0.1) is 0 Å². The van der Waals surface area contributed by atoms with E-state index in [-0.39, 0.29) is 6.61 Å². The molecule has 0 unspecified atom stereocenters. The lowest BCUT2D eigenvalue weighted by Gasteiger charge is -2.19. The fourth-order valence-corrected chi connectivity index (χ4v) is 1.83. The van der Waals surface area contributed by atoms with E-state index >= 15 is 0 Å². The Morgan fingerprint density at radius 2 is 1.84 bits per heavy atom. The molecule has 0 radical (unpaired) electrons. The lowest BCUT2D eigenvalue weighted by Crippen LogP contribution is -2.25. The molecule has 0 heterocycles.